The van der Waals surface area contributed by atoms with Crippen LogP contribution in [0, 0.1) is 0 Å². The lowest BCUT2D eigenvalue weighted by Crippen LogP contribution is -2.33. The third kappa shape index (κ3) is 2.42. The van der Waals surface area contributed by atoms with Crippen LogP contribution in [-0.2, 0) is 6.54 Å². The Labute approximate surface area is 101 Å². The van der Waals surface area contributed by atoms with Gasteiger partial charge in [-0.15, -0.1) is 0 Å². The zero-order valence-electron chi connectivity index (χ0n) is 10.1. The second-order valence-corrected chi connectivity index (χ2v) is 4.42. The van der Waals surface area contributed by atoms with Crippen LogP contribution in [0.15, 0.2) is 18.2 Å². The number of fused-ring (bicyclic) bond motifs is 1. The lowest BCUT2D eigenvalue weighted by atomic mass is 10.1. The molecule has 92 valence electrons. The number of nitrogens with zero attached hydrogens (tertiary/aromatic N) is 1. The Bertz CT molecular complexity index is 431. The van der Waals surface area contributed by atoms with Crippen molar-refractivity contribution in [1.82, 2.24) is 4.90 Å². The Hall–Kier alpha value is -1.55. The van der Waals surface area contributed by atoms with Gasteiger partial charge < -0.3 is 9.84 Å². The fraction of sp³-hybridized carbons (Fsp3) is 0.462. The minimum absolute atomic E-state index is 0.279. The molecule has 0 saturated carbocycles. The van der Waals surface area contributed by atoms with E-state index in [0.717, 1.165) is 18.5 Å². The topological polar surface area (TPSA) is 49.8 Å². The van der Waals surface area contributed by atoms with Crippen LogP contribution >= 0.6 is 0 Å². The van der Waals surface area contributed by atoms with E-state index in [-0.39, 0.29) is 5.56 Å². The second kappa shape index (κ2) is 4.75. The smallest absolute Gasteiger partial charge is 0.335 e. The maximum absolute atomic E-state index is 10.9. The van der Waals surface area contributed by atoms with Crippen LogP contribution in [0.5, 0.6) is 5.75 Å². The largest absolute Gasteiger partial charge is 0.492 e. The molecule has 4 nitrogen and oxygen atoms in total. The number of carboxylic acids is 1. The third-order valence-corrected chi connectivity index (χ3v) is 3.26. The van der Waals surface area contributed by atoms with Gasteiger partial charge in [0.25, 0.3) is 0 Å². The summed E-state index contributed by atoms with van der Waals surface area (Å²) in [7, 11) is 2.07. The van der Waals surface area contributed by atoms with Gasteiger partial charge in [-0.2, -0.15) is 0 Å². The zero-order chi connectivity index (χ0) is 12.4. The van der Waals surface area contributed by atoms with Crippen LogP contribution in [-0.4, -0.2) is 35.7 Å². The Morgan fingerprint density at radius 3 is 3.00 bits per heavy atom. The molecule has 17 heavy (non-hydrogen) atoms. The van der Waals surface area contributed by atoms with Crippen molar-refractivity contribution in [3.8, 4) is 5.75 Å². The molecule has 0 aromatic heterocycles. The fourth-order valence-corrected chi connectivity index (χ4v) is 2.09. The number of likely N-dealkylation sites (N-methyl/N-ethyl adjacent to an activating group) is 1. The van der Waals surface area contributed by atoms with Crippen LogP contribution in [0.1, 0.15) is 29.3 Å². The third-order valence-electron chi connectivity index (χ3n) is 3.26. The van der Waals surface area contributed by atoms with Crippen LogP contribution in [0.2, 0.25) is 0 Å². The van der Waals surface area contributed by atoms with Crippen molar-refractivity contribution in [2.45, 2.75) is 25.9 Å². The summed E-state index contributed by atoms with van der Waals surface area (Å²) in [6.45, 7) is 3.54. The zero-order valence-corrected chi connectivity index (χ0v) is 10.1. The molecule has 1 heterocycles. The van der Waals surface area contributed by atoms with Crippen LogP contribution in [0.25, 0.3) is 0 Å². The van der Waals surface area contributed by atoms with Gasteiger partial charge in [0.05, 0.1) is 5.56 Å². The summed E-state index contributed by atoms with van der Waals surface area (Å²) >= 11 is 0. The van der Waals surface area contributed by atoms with Crippen molar-refractivity contribution in [2.75, 3.05) is 13.7 Å². The lowest BCUT2D eigenvalue weighted by molar-refractivity contribution is 0.0696. The highest BCUT2D eigenvalue weighted by Crippen LogP contribution is 2.26. The van der Waals surface area contributed by atoms with Crippen LogP contribution in [0.3, 0.4) is 0 Å². The highest BCUT2D eigenvalue weighted by molar-refractivity contribution is 5.88. The minimum Gasteiger partial charge on any atom is -0.492 e. The quantitative estimate of drug-likeness (QED) is 0.851. The Morgan fingerprint density at radius 1 is 1.59 bits per heavy atom. The van der Waals surface area contributed by atoms with E-state index in [4.69, 9.17) is 9.84 Å². The standard InChI is InChI=1S/C13H17NO3/c1-3-11-8-17-12-6-9(13(15)16)4-5-10(12)7-14(11)2/h4-6,11H,3,7-8H2,1-2H3,(H,15,16)/t11-/m0/s1. The molecule has 1 aromatic rings. The number of hydrogen-bond donors (Lipinski definition) is 1. The van der Waals surface area contributed by atoms with E-state index in [1.54, 1.807) is 12.1 Å². The molecule has 0 radical (unpaired) electrons. The summed E-state index contributed by atoms with van der Waals surface area (Å²) < 4.78 is 5.71. The van der Waals surface area contributed by atoms with Gasteiger partial charge in [0, 0.05) is 18.2 Å². The molecule has 1 aliphatic rings. The first-order valence-corrected chi connectivity index (χ1v) is 5.81. The number of benzene rings is 1. The average molecular weight is 235 g/mol. The van der Waals surface area contributed by atoms with Gasteiger partial charge in [-0.3, -0.25) is 4.90 Å². The van der Waals surface area contributed by atoms with Gasteiger partial charge in [-0.25, -0.2) is 4.79 Å². The Kier molecular flexibility index (Phi) is 3.33. The number of carboxylic acid groups (broad SMARTS) is 1. The van der Waals surface area contributed by atoms with E-state index in [1.165, 1.54) is 0 Å². The predicted molar refractivity (Wildman–Crippen MR) is 64.4 cm³/mol. The van der Waals surface area contributed by atoms with Crippen LogP contribution in [0.4, 0.5) is 0 Å². The van der Waals surface area contributed by atoms with E-state index in [0.29, 0.717) is 18.4 Å². The van der Waals surface area contributed by atoms with Gasteiger partial charge in [-0.1, -0.05) is 13.0 Å². The number of ether oxygens (including phenoxy) is 1. The molecule has 1 atom stereocenters. The fourth-order valence-electron chi connectivity index (χ4n) is 2.09. The first-order valence-electron chi connectivity index (χ1n) is 5.81. The van der Waals surface area contributed by atoms with Crippen molar-refractivity contribution in [3.05, 3.63) is 29.3 Å². The Morgan fingerprint density at radius 2 is 2.35 bits per heavy atom. The lowest BCUT2D eigenvalue weighted by Gasteiger charge is -2.22. The average Bonchev–Trinajstić information content (AvgIpc) is 2.46. The highest BCUT2D eigenvalue weighted by Gasteiger charge is 2.21. The van der Waals surface area contributed by atoms with E-state index in [9.17, 15) is 4.79 Å². The van der Waals surface area contributed by atoms with E-state index in [2.05, 4.69) is 18.9 Å². The van der Waals surface area contributed by atoms with Crippen molar-refractivity contribution >= 4 is 5.97 Å². The molecular formula is C13H17NO3. The summed E-state index contributed by atoms with van der Waals surface area (Å²) in [6.07, 6.45) is 1.02. The number of aromatic carboxylic acids is 1. The van der Waals surface area contributed by atoms with Crippen LogP contribution < -0.4 is 4.74 Å². The molecule has 0 bridgehead atoms. The summed E-state index contributed by atoms with van der Waals surface area (Å²) in [4.78, 5) is 13.1. The van der Waals surface area contributed by atoms with Gasteiger partial charge in [0.2, 0.25) is 0 Å². The number of hydrogen-bond acceptors (Lipinski definition) is 3. The van der Waals surface area contributed by atoms with E-state index in [1.807, 2.05) is 6.07 Å². The monoisotopic (exact) mass is 235 g/mol. The molecule has 0 aliphatic carbocycles. The molecule has 2 rings (SSSR count). The molecule has 0 saturated heterocycles. The van der Waals surface area contributed by atoms with Gasteiger partial charge in [0.1, 0.15) is 12.4 Å². The summed E-state index contributed by atoms with van der Waals surface area (Å²) in [5.41, 5.74) is 1.33. The molecule has 0 amide bonds. The Balaban J connectivity index is 2.30. The summed E-state index contributed by atoms with van der Waals surface area (Å²) in [5, 5.41) is 8.94. The molecule has 4 heteroatoms. The van der Waals surface area contributed by atoms with Crippen molar-refractivity contribution in [1.29, 1.82) is 0 Å². The molecule has 1 N–H and O–H groups in total. The first-order chi connectivity index (χ1) is 8.11. The maximum Gasteiger partial charge on any atom is 0.335 e. The molecule has 1 aromatic carbocycles. The molecule has 0 spiro atoms. The maximum atomic E-state index is 10.9. The predicted octanol–water partition coefficient (Wildman–Crippen LogP) is 1.99. The highest BCUT2D eigenvalue weighted by atomic mass is 16.5. The molecule has 0 unspecified atom stereocenters. The number of rotatable bonds is 2. The molecule has 1 aliphatic heterocycles. The second-order valence-electron chi connectivity index (χ2n) is 4.42. The van der Waals surface area contributed by atoms with Gasteiger partial charge in [0.15, 0.2) is 0 Å². The molecular weight excluding hydrogens is 218 g/mol. The molecule has 0 fully saturated rings. The van der Waals surface area contributed by atoms with Crippen molar-refractivity contribution < 1.29 is 14.6 Å². The van der Waals surface area contributed by atoms with E-state index < -0.39 is 5.97 Å². The van der Waals surface area contributed by atoms with Crippen molar-refractivity contribution in [2.24, 2.45) is 0 Å². The van der Waals surface area contributed by atoms with E-state index >= 15 is 0 Å². The van der Waals surface area contributed by atoms with Gasteiger partial charge >= 0.3 is 5.97 Å². The summed E-state index contributed by atoms with van der Waals surface area (Å²) in [5.74, 6) is -0.214. The normalized spacial score (nSPS) is 20.2. The van der Waals surface area contributed by atoms with Gasteiger partial charge in [-0.05, 0) is 25.6 Å². The summed E-state index contributed by atoms with van der Waals surface area (Å²) in [6, 6.07) is 5.47. The number of carbonyl (C=O) groups is 1. The van der Waals surface area contributed by atoms with Crippen molar-refractivity contribution in [3.63, 3.8) is 0 Å². The minimum atomic E-state index is -0.916. The first kappa shape index (κ1) is 11.9. The SMILES string of the molecule is CC[C@H]1COc2cc(C(=O)O)ccc2CN1C.